The van der Waals surface area contributed by atoms with Crippen LogP contribution in [0, 0.1) is 10.8 Å². The zero-order chi connectivity index (χ0) is 36.6. The van der Waals surface area contributed by atoms with Gasteiger partial charge in [0.2, 0.25) is 10.0 Å². The lowest BCUT2D eigenvalue weighted by atomic mass is 10.0. The predicted octanol–water partition coefficient (Wildman–Crippen LogP) is 7.19. The molecule has 2 saturated carbocycles. The monoisotopic (exact) mass is 737 g/mol. The van der Waals surface area contributed by atoms with Crippen molar-refractivity contribution in [2.75, 3.05) is 14.2 Å². The van der Waals surface area contributed by atoms with Crippen molar-refractivity contribution in [2.45, 2.75) is 56.5 Å². The first-order valence-electron chi connectivity index (χ1n) is 16.0. The summed E-state index contributed by atoms with van der Waals surface area (Å²) in [6, 6.07) is 26.7. The van der Waals surface area contributed by atoms with Crippen LogP contribution in [0.5, 0.6) is 11.5 Å². The molecule has 0 heterocycles. The number of benzene rings is 4. The lowest BCUT2D eigenvalue weighted by Crippen LogP contribution is -2.29. The van der Waals surface area contributed by atoms with E-state index in [4.69, 9.17) is 37.8 Å². The number of methoxy groups -OCH3 is 2. The Morgan fingerprint density at radius 2 is 1.06 bits per heavy atom. The second-order valence-electron chi connectivity index (χ2n) is 13.7. The number of hydrogen-bond acceptors (Lipinski definition) is 6. The average molecular weight is 739 g/mol. The smallest absolute Gasteiger partial charge is 0.255 e. The number of ether oxygens (including phenoxy) is 2. The molecule has 9 nitrogen and oxygen atoms in total. The van der Waals surface area contributed by atoms with Gasteiger partial charge in [-0.05, 0) is 70.5 Å². The number of nitrogens with two attached hydrogens (primary N) is 1. The van der Waals surface area contributed by atoms with Crippen molar-refractivity contribution in [3.05, 3.63) is 123 Å². The van der Waals surface area contributed by atoms with Crippen LogP contribution in [0.15, 0.2) is 95.9 Å². The van der Waals surface area contributed by atoms with Crippen molar-refractivity contribution in [2.24, 2.45) is 16.0 Å². The second-order valence-corrected chi connectivity index (χ2v) is 16.1. The molecule has 2 fully saturated rings. The normalized spacial score (nSPS) is 21.1. The van der Waals surface area contributed by atoms with Crippen LogP contribution in [0.3, 0.4) is 0 Å². The largest absolute Gasteiger partial charge is 0.496 e. The molecule has 4 N–H and O–H groups in total. The minimum absolute atomic E-state index is 0.0306. The zero-order valence-electron chi connectivity index (χ0n) is 28.7. The van der Waals surface area contributed by atoms with Gasteiger partial charge in [-0.25, -0.2) is 13.6 Å². The topological polar surface area (TPSA) is 137 Å². The van der Waals surface area contributed by atoms with E-state index in [-0.39, 0.29) is 45.5 Å². The summed E-state index contributed by atoms with van der Waals surface area (Å²) in [6.45, 7) is 8.44. The van der Waals surface area contributed by atoms with Crippen LogP contribution in [0.25, 0.3) is 0 Å². The Bertz CT molecular complexity index is 2000. The zero-order valence-corrected chi connectivity index (χ0v) is 31.0. The highest BCUT2D eigenvalue weighted by Crippen LogP contribution is 2.59. The van der Waals surface area contributed by atoms with E-state index in [1.54, 1.807) is 55.6 Å². The Kier molecular flexibility index (Phi) is 10.6. The first-order chi connectivity index (χ1) is 23.5. The van der Waals surface area contributed by atoms with Crippen molar-refractivity contribution in [1.29, 1.82) is 0 Å². The number of carbonyl (C=O) groups is 2. The number of primary sulfonamides is 1. The Morgan fingerprint density at radius 3 is 1.44 bits per heavy atom. The summed E-state index contributed by atoms with van der Waals surface area (Å²) in [5.74, 6) is 0.932. The van der Waals surface area contributed by atoms with Crippen LogP contribution in [0.2, 0.25) is 10.0 Å². The van der Waals surface area contributed by atoms with Crippen LogP contribution in [-0.2, 0) is 10.0 Å². The summed E-state index contributed by atoms with van der Waals surface area (Å²) in [5.41, 5.74) is 2.88. The highest BCUT2D eigenvalue weighted by Gasteiger charge is 2.60. The Morgan fingerprint density at radius 1 is 0.660 bits per heavy atom. The van der Waals surface area contributed by atoms with Crippen LogP contribution in [0.1, 0.15) is 71.4 Å². The number of rotatable bonds is 9. The third-order valence-electron chi connectivity index (χ3n) is 9.77. The number of hydrogen-bond donors (Lipinski definition) is 3. The van der Waals surface area contributed by atoms with E-state index in [1.807, 2.05) is 32.0 Å². The first kappa shape index (κ1) is 37.2. The van der Waals surface area contributed by atoms with Gasteiger partial charge in [-0.2, -0.15) is 0 Å². The lowest BCUT2D eigenvalue weighted by Gasteiger charge is -2.10. The van der Waals surface area contributed by atoms with E-state index in [2.05, 4.69) is 36.6 Å². The van der Waals surface area contributed by atoms with Gasteiger partial charge in [0.25, 0.3) is 11.8 Å². The van der Waals surface area contributed by atoms with Crippen LogP contribution >= 0.6 is 23.2 Å². The van der Waals surface area contributed by atoms with Gasteiger partial charge >= 0.3 is 0 Å². The quantitative estimate of drug-likeness (QED) is 0.166. The fraction of sp³-hybridized carbons (Fsp3) is 0.316. The minimum Gasteiger partial charge on any atom is -0.496 e. The molecule has 50 heavy (non-hydrogen) atoms. The molecule has 4 atom stereocenters. The molecule has 0 aromatic heterocycles. The SMILES string of the molecule is COc1ccc(Cl)cc1C(=O)N[C@H]1C(c2ccc(S(N)(=O)=O)cc2)C1(C)C.COc1ccc(Cl)cc1C(=O)N[C@H]1[C@@H](c2ccccc2)C1(C)C. The summed E-state index contributed by atoms with van der Waals surface area (Å²) in [7, 11) is -0.684. The van der Waals surface area contributed by atoms with Crippen molar-refractivity contribution >= 4 is 45.0 Å². The summed E-state index contributed by atoms with van der Waals surface area (Å²) in [4.78, 5) is 25.4. The summed E-state index contributed by atoms with van der Waals surface area (Å²) in [5, 5.41) is 12.3. The van der Waals surface area contributed by atoms with Crippen LogP contribution in [0.4, 0.5) is 0 Å². The fourth-order valence-electron chi connectivity index (χ4n) is 6.74. The Balaban J connectivity index is 0.000000197. The fourth-order valence-corrected chi connectivity index (χ4v) is 7.60. The minimum atomic E-state index is -3.73. The third-order valence-corrected chi connectivity index (χ3v) is 11.2. The van der Waals surface area contributed by atoms with E-state index in [0.717, 1.165) is 5.56 Å². The van der Waals surface area contributed by atoms with Gasteiger partial charge in [-0.15, -0.1) is 0 Å². The average Bonchev–Trinajstić information content (AvgIpc) is 3.84. The molecular formula is C38H41Cl2N3O6S. The second kappa shape index (κ2) is 14.3. The molecule has 264 valence electrons. The maximum atomic E-state index is 12.7. The molecule has 2 amide bonds. The summed E-state index contributed by atoms with van der Waals surface area (Å²) < 4.78 is 33.3. The summed E-state index contributed by atoms with van der Waals surface area (Å²) in [6.07, 6.45) is 0. The molecule has 0 aliphatic heterocycles. The predicted molar refractivity (Wildman–Crippen MR) is 196 cm³/mol. The number of halogens is 2. The highest BCUT2D eigenvalue weighted by molar-refractivity contribution is 7.89. The standard InChI is InChI=1S/C19H21ClN2O4S.C19H20ClNO2/c1-19(2)16(11-4-7-13(8-5-11)27(21,24)25)17(19)22-18(23)14-10-12(20)6-9-15(14)26-3;1-19(2)16(12-7-5-4-6-8-12)17(19)21-18(22)14-11-13(20)9-10-15(14)23-3/h4-10,16-17H,1-3H3,(H,22,23)(H2,21,24,25);4-11,16-17H,1-3H3,(H,21,22)/t16?,17-;16-,17+/m01/s1. The van der Waals surface area contributed by atoms with Gasteiger partial charge in [0.15, 0.2) is 0 Å². The third kappa shape index (κ3) is 7.78. The molecule has 0 radical (unpaired) electrons. The van der Waals surface area contributed by atoms with Crippen molar-refractivity contribution in [3.63, 3.8) is 0 Å². The summed E-state index contributed by atoms with van der Waals surface area (Å²) >= 11 is 12.0. The molecular weight excluding hydrogens is 697 g/mol. The lowest BCUT2D eigenvalue weighted by molar-refractivity contribution is 0.0934. The maximum Gasteiger partial charge on any atom is 0.255 e. The first-order valence-corrected chi connectivity index (χ1v) is 18.3. The number of sulfonamides is 1. The Labute approximate surface area is 303 Å². The molecule has 2 aliphatic carbocycles. The van der Waals surface area contributed by atoms with E-state index in [1.165, 1.54) is 24.8 Å². The molecule has 0 bridgehead atoms. The van der Waals surface area contributed by atoms with Gasteiger partial charge in [-0.1, -0.05) is 93.4 Å². The van der Waals surface area contributed by atoms with E-state index in [0.29, 0.717) is 38.6 Å². The van der Waals surface area contributed by atoms with E-state index < -0.39 is 10.0 Å². The van der Waals surface area contributed by atoms with Crippen LogP contribution in [-0.4, -0.2) is 46.5 Å². The van der Waals surface area contributed by atoms with Gasteiger partial charge in [0.1, 0.15) is 11.5 Å². The van der Waals surface area contributed by atoms with Gasteiger partial charge in [0, 0.05) is 34.0 Å². The molecule has 6 rings (SSSR count). The molecule has 4 aromatic rings. The molecule has 2 aliphatic rings. The van der Waals surface area contributed by atoms with Gasteiger partial charge < -0.3 is 20.1 Å². The molecule has 4 aromatic carbocycles. The number of nitrogens with one attached hydrogen (secondary N) is 2. The number of carbonyl (C=O) groups excluding carboxylic acids is 2. The van der Waals surface area contributed by atoms with Gasteiger partial charge in [0.05, 0.1) is 30.2 Å². The Hall–Kier alpha value is -4.09. The molecule has 1 unspecified atom stereocenters. The number of amides is 2. The molecule has 0 saturated heterocycles. The van der Waals surface area contributed by atoms with E-state index in [9.17, 15) is 18.0 Å². The highest BCUT2D eigenvalue weighted by atomic mass is 35.5. The van der Waals surface area contributed by atoms with Crippen molar-refractivity contribution in [3.8, 4) is 11.5 Å². The van der Waals surface area contributed by atoms with E-state index >= 15 is 0 Å². The van der Waals surface area contributed by atoms with Crippen LogP contribution < -0.4 is 25.2 Å². The van der Waals surface area contributed by atoms with Crippen molar-refractivity contribution < 1.29 is 27.5 Å². The van der Waals surface area contributed by atoms with Gasteiger partial charge in [-0.3, -0.25) is 9.59 Å². The maximum absolute atomic E-state index is 12.7. The van der Waals surface area contributed by atoms with Crippen molar-refractivity contribution in [1.82, 2.24) is 10.6 Å². The molecule has 12 heteroatoms. The molecule has 0 spiro atoms.